The minimum Gasteiger partial charge on any atom is -0.466 e. The zero-order valence-corrected chi connectivity index (χ0v) is 36.4. The Morgan fingerprint density at radius 1 is 0.328 bits per heavy atom. The van der Waals surface area contributed by atoms with Crippen LogP contribution >= 0.6 is 0 Å². The van der Waals surface area contributed by atoms with Crippen LogP contribution in [0.5, 0.6) is 0 Å². The maximum Gasteiger partial charge on any atom is 0.306 e. The molecule has 0 heterocycles. The standard InChI is InChI=1S/C58H52N2O4/c1-3-63-57(61)41-19-43-15-21-45(22-16-43)47-25-33-53(34-26-47)59(51-11-7-5-8-12-51)55-37-29-49(30-38-55)50-31-39-56(40-32-50)60(52-13-9-6-10-14-52)54-35-27-48(28-36-54)46-23-17-44(18-24-46)20-42-58(62)64-4-2/h5-18,21-40H,3-4,19-20,41-42H2,1-2H3. The molecule has 0 amide bonds. The van der Waals surface area contributed by atoms with Crippen LogP contribution in [0.2, 0.25) is 0 Å². The molecule has 0 aromatic heterocycles. The summed E-state index contributed by atoms with van der Waals surface area (Å²) in [4.78, 5) is 28.2. The summed E-state index contributed by atoms with van der Waals surface area (Å²) in [6.07, 6.45) is 2.10. The van der Waals surface area contributed by atoms with Crippen molar-refractivity contribution in [1.29, 1.82) is 0 Å². The van der Waals surface area contributed by atoms with Gasteiger partial charge in [-0.25, -0.2) is 0 Å². The fraction of sp³-hybridized carbons (Fsp3) is 0.138. The lowest BCUT2D eigenvalue weighted by atomic mass is 10.0. The fourth-order valence-electron chi connectivity index (χ4n) is 7.95. The Labute approximate surface area is 377 Å². The van der Waals surface area contributed by atoms with Crippen molar-refractivity contribution in [3.8, 4) is 33.4 Å². The van der Waals surface area contributed by atoms with Gasteiger partial charge in [-0.1, -0.05) is 133 Å². The van der Waals surface area contributed by atoms with Gasteiger partial charge in [-0.15, -0.1) is 0 Å². The molecule has 0 bridgehead atoms. The van der Waals surface area contributed by atoms with E-state index in [4.69, 9.17) is 9.47 Å². The molecule has 0 unspecified atom stereocenters. The van der Waals surface area contributed by atoms with Crippen LogP contribution in [-0.2, 0) is 31.9 Å². The second kappa shape index (κ2) is 20.9. The second-order valence-corrected chi connectivity index (χ2v) is 15.5. The van der Waals surface area contributed by atoms with Gasteiger partial charge in [0.15, 0.2) is 0 Å². The summed E-state index contributed by atoms with van der Waals surface area (Å²) in [5.41, 5.74) is 15.4. The number of esters is 2. The van der Waals surface area contributed by atoms with Gasteiger partial charge in [-0.3, -0.25) is 9.59 Å². The van der Waals surface area contributed by atoms with Crippen LogP contribution in [0.25, 0.3) is 33.4 Å². The first-order valence-electron chi connectivity index (χ1n) is 22.1. The third-order valence-corrected chi connectivity index (χ3v) is 11.3. The lowest BCUT2D eigenvalue weighted by Gasteiger charge is -2.26. The van der Waals surface area contributed by atoms with E-state index in [1.165, 1.54) is 0 Å². The Bertz CT molecular complexity index is 2520. The molecule has 318 valence electrons. The van der Waals surface area contributed by atoms with Crippen LogP contribution in [0.4, 0.5) is 34.1 Å². The van der Waals surface area contributed by atoms with E-state index in [1.807, 2.05) is 26.0 Å². The van der Waals surface area contributed by atoms with Crippen molar-refractivity contribution in [3.63, 3.8) is 0 Å². The number of hydrogen-bond acceptors (Lipinski definition) is 6. The van der Waals surface area contributed by atoms with Crippen LogP contribution in [0.1, 0.15) is 37.8 Å². The van der Waals surface area contributed by atoms with E-state index in [0.717, 1.165) is 78.6 Å². The van der Waals surface area contributed by atoms with Crippen LogP contribution in [0.15, 0.2) is 206 Å². The number of carbonyl (C=O) groups is 2. The molecule has 0 aliphatic rings. The summed E-state index contributed by atoms with van der Waals surface area (Å²) < 4.78 is 10.2. The number of rotatable bonds is 17. The first-order valence-corrected chi connectivity index (χ1v) is 22.1. The van der Waals surface area contributed by atoms with Gasteiger partial charge in [0.25, 0.3) is 0 Å². The third-order valence-electron chi connectivity index (χ3n) is 11.3. The van der Waals surface area contributed by atoms with E-state index in [-0.39, 0.29) is 11.9 Å². The molecule has 0 N–H and O–H groups in total. The predicted molar refractivity (Wildman–Crippen MR) is 262 cm³/mol. The van der Waals surface area contributed by atoms with E-state index in [0.29, 0.717) is 38.9 Å². The summed E-state index contributed by atoms with van der Waals surface area (Å²) in [6, 6.07) is 72.6. The largest absolute Gasteiger partial charge is 0.466 e. The summed E-state index contributed by atoms with van der Waals surface area (Å²) in [6.45, 7) is 4.48. The minimum absolute atomic E-state index is 0.162. The number of nitrogens with zero attached hydrogens (tertiary/aromatic N) is 2. The summed E-state index contributed by atoms with van der Waals surface area (Å²) in [7, 11) is 0. The van der Waals surface area contributed by atoms with E-state index in [9.17, 15) is 9.59 Å². The number of carbonyl (C=O) groups excluding carboxylic acids is 2. The van der Waals surface area contributed by atoms with Crippen molar-refractivity contribution < 1.29 is 19.1 Å². The lowest BCUT2D eigenvalue weighted by molar-refractivity contribution is -0.144. The van der Waals surface area contributed by atoms with E-state index in [2.05, 4.69) is 204 Å². The normalized spacial score (nSPS) is 10.8. The van der Waals surface area contributed by atoms with Crippen LogP contribution < -0.4 is 9.80 Å². The van der Waals surface area contributed by atoms with Crippen molar-refractivity contribution in [2.24, 2.45) is 0 Å². The van der Waals surface area contributed by atoms with Gasteiger partial charge in [-0.2, -0.15) is 0 Å². The van der Waals surface area contributed by atoms with Gasteiger partial charge in [-0.05, 0) is 144 Å². The van der Waals surface area contributed by atoms with Crippen LogP contribution in [0.3, 0.4) is 0 Å². The minimum atomic E-state index is -0.162. The Kier molecular flexibility index (Phi) is 14.0. The lowest BCUT2D eigenvalue weighted by Crippen LogP contribution is -2.10. The van der Waals surface area contributed by atoms with E-state index < -0.39 is 0 Å². The molecule has 6 nitrogen and oxygen atoms in total. The predicted octanol–water partition coefficient (Wildman–Crippen LogP) is 14.6. The maximum absolute atomic E-state index is 11.8. The highest BCUT2D eigenvalue weighted by Gasteiger charge is 2.16. The van der Waals surface area contributed by atoms with Crippen LogP contribution in [0, 0.1) is 0 Å². The SMILES string of the molecule is CCOC(=O)CCc1ccc(-c2ccc(N(c3ccccc3)c3ccc(-c4ccc(N(c5ccccc5)c5ccc(-c6ccc(CCC(=O)OCC)cc6)cc5)cc4)cc3)cc2)cc1. The Morgan fingerprint density at radius 2 is 0.562 bits per heavy atom. The van der Waals surface area contributed by atoms with Gasteiger partial charge in [0, 0.05) is 47.0 Å². The summed E-state index contributed by atoms with van der Waals surface area (Å²) in [5.74, 6) is -0.323. The van der Waals surface area contributed by atoms with Gasteiger partial charge in [0.05, 0.1) is 13.2 Å². The number of anilines is 6. The molecule has 8 rings (SSSR count). The molecular weight excluding hydrogens is 789 g/mol. The number of para-hydroxylation sites is 2. The highest BCUT2D eigenvalue weighted by Crippen LogP contribution is 2.39. The molecule has 8 aromatic carbocycles. The third kappa shape index (κ3) is 10.7. The number of hydrogen-bond donors (Lipinski definition) is 0. The molecule has 8 aromatic rings. The molecule has 0 spiro atoms. The Hall–Kier alpha value is -7.70. The van der Waals surface area contributed by atoms with E-state index in [1.54, 1.807) is 0 Å². The number of benzene rings is 8. The summed E-state index contributed by atoms with van der Waals surface area (Å²) in [5, 5.41) is 0. The number of ether oxygens (including phenoxy) is 2. The Morgan fingerprint density at radius 3 is 0.812 bits per heavy atom. The highest BCUT2D eigenvalue weighted by atomic mass is 16.5. The fourth-order valence-corrected chi connectivity index (χ4v) is 7.95. The smallest absolute Gasteiger partial charge is 0.306 e. The molecule has 0 saturated heterocycles. The average Bonchev–Trinajstić information content (AvgIpc) is 3.35. The molecule has 0 atom stereocenters. The molecule has 6 heteroatoms. The van der Waals surface area contributed by atoms with Gasteiger partial charge >= 0.3 is 11.9 Å². The first-order chi connectivity index (χ1) is 31.4. The topological polar surface area (TPSA) is 59.1 Å². The average molecular weight is 841 g/mol. The highest BCUT2D eigenvalue weighted by molar-refractivity contribution is 5.82. The molecule has 0 aliphatic heterocycles. The van der Waals surface area contributed by atoms with Crippen molar-refractivity contribution in [2.45, 2.75) is 39.5 Å². The van der Waals surface area contributed by atoms with Crippen LogP contribution in [-0.4, -0.2) is 25.2 Å². The zero-order chi connectivity index (χ0) is 44.1. The van der Waals surface area contributed by atoms with Crippen molar-refractivity contribution in [2.75, 3.05) is 23.0 Å². The molecule has 0 aliphatic carbocycles. The second-order valence-electron chi connectivity index (χ2n) is 15.5. The monoisotopic (exact) mass is 840 g/mol. The van der Waals surface area contributed by atoms with Gasteiger partial charge in [0.1, 0.15) is 0 Å². The molecule has 0 saturated carbocycles. The van der Waals surface area contributed by atoms with Crippen molar-refractivity contribution in [1.82, 2.24) is 0 Å². The molecule has 0 radical (unpaired) electrons. The molecular formula is C58H52N2O4. The zero-order valence-electron chi connectivity index (χ0n) is 36.4. The van der Waals surface area contributed by atoms with Crippen molar-refractivity contribution in [3.05, 3.63) is 217 Å². The van der Waals surface area contributed by atoms with Crippen molar-refractivity contribution >= 4 is 46.1 Å². The van der Waals surface area contributed by atoms with Gasteiger partial charge < -0.3 is 19.3 Å². The molecule has 0 fully saturated rings. The van der Waals surface area contributed by atoms with Gasteiger partial charge in [0.2, 0.25) is 0 Å². The summed E-state index contributed by atoms with van der Waals surface area (Å²) >= 11 is 0. The quantitative estimate of drug-likeness (QED) is 0.0851. The number of aryl methyl sites for hydroxylation is 2. The first kappa shape index (κ1) is 43.0. The Balaban J connectivity index is 0.985. The maximum atomic E-state index is 11.8. The molecule has 64 heavy (non-hydrogen) atoms. The van der Waals surface area contributed by atoms with E-state index >= 15 is 0 Å².